The number of anilines is 1. The molecule has 0 aliphatic carbocycles. The van der Waals surface area contributed by atoms with Gasteiger partial charge in [0, 0.05) is 11.6 Å². The summed E-state index contributed by atoms with van der Waals surface area (Å²) in [4.78, 5) is 26.8. The second kappa shape index (κ2) is 4.82. The molecule has 0 saturated heterocycles. The van der Waals surface area contributed by atoms with Crippen LogP contribution in [-0.4, -0.2) is 16.5 Å². The van der Waals surface area contributed by atoms with Crippen LogP contribution in [0.15, 0.2) is 47.5 Å². The molecule has 1 heterocycles. The summed E-state index contributed by atoms with van der Waals surface area (Å²) in [5.74, 6) is -0.304. The molecule has 21 heavy (non-hydrogen) atoms. The first kappa shape index (κ1) is 13.0. The van der Waals surface area contributed by atoms with Gasteiger partial charge in [0.05, 0.1) is 21.9 Å². The van der Waals surface area contributed by atoms with Crippen LogP contribution < -0.4 is 5.32 Å². The monoisotopic (exact) mass is 281 g/mol. The highest BCUT2D eigenvalue weighted by molar-refractivity contribution is 6.54. The van der Waals surface area contributed by atoms with Crippen molar-refractivity contribution in [3.63, 3.8) is 0 Å². The Labute approximate surface area is 120 Å². The quantitative estimate of drug-likeness (QED) is 0.678. The van der Waals surface area contributed by atoms with Crippen LogP contribution in [0.25, 0.3) is 0 Å². The fraction of sp³-hybridized carbons (Fsp3) is 0.0667. The molecular weight excluding hydrogens is 270 g/mol. The molecule has 1 N–H and O–H groups in total. The van der Waals surface area contributed by atoms with Crippen molar-refractivity contribution in [1.82, 2.24) is 0 Å². The second-order valence-corrected chi connectivity index (χ2v) is 4.64. The molecule has 2 aromatic carbocycles. The molecule has 0 fully saturated rings. The van der Waals surface area contributed by atoms with Crippen molar-refractivity contribution in [2.24, 2.45) is 4.99 Å². The van der Waals surface area contributed by atoms with Crippen molar-refractivity contribution in [2.75, 3.05) is 5.32 Å². The number of nitrogens with zero attached hydrogens (tertiary/aromatic N) is 2. The maximum absolute atomic E-state index is 12.0. The Hall–Kier alpha value is -3.02. The van der Waals surface area contributed by atoms with Gasteiger partial charge < -0.3 is 5.32 Å². The normalized spacial score (nSPS) is 14.9. The fourth-order valence-corrected chi connectivity index (χ4v) is 2.26. The number of nitro benzene ring substituents is 1. The van der Waals surface area contributed by atoms with E-state index in [0.717, 1.165) is 0 Å². The van der Waals surface area contributed by atoms with Crippen LogP contribution >= 0.6 is 0 Å². The van der Waals surface area contributed by atoms with Crippen molar-refractivity contribution < 1.29 is 9.72 Å². The minimum absolute atomic E-state index is 0.0106. The lowest BCUT2D eigenvalue weighted by Crippen LogP contribution is -2.14. The molecule has 0 aromatic heterocycles. The van der Waals surface area contributed by atoms with Crippen LogP contribution in [0.2, 0.25) is 0 Å². The Morgan fingerprint density at radius 3 is 2.67 bits per heavy atom. The summed E-state index contributed by atoms with van der Waals surface area (Å²) in [6.07, 6.45) is 0. The molecule has 0 atom stereocenters. The number of nitro groups is 1. The first-order valence-corrected chi connectivity index (χ1v) is 6.31. The molecule has 0 radical (unpaired) electrons. The molecule has 0 bridgehead atoms. The topological polar surface area (TPSA) is 84.6 Å². The summed E-state index contributed by atoms with van der Waals surface area (Å²) in [7, 11) is 0. The molecule has 0 unspecified atom stereocenters. The van der Waals surface area contributed by atoms with Crippen LogP contribution in [0.1, 0.15) is 11.1 Å². The number of hydrogen-bond donors (Lipinski definition) is 1. The molecule has 0 saturated carbocycles. The van der Waals surface area contributed by atoms with Gasteiger partial charge in [0.2, 0.25) is 0 Å². The highest BCUT2D eigenvalue weighted by atomic mass is 16.6. The lowest BCUT2D eigenvalue weighted by molar-refractivity contribution is -0.385. The molecule has 1 aliphatic heterocycles. The van der Waals surface area contributed by atoms with Gasteiger partial charge in [0.15, 0.2) is 0 Å². The maximum atomic E-state index is 12.0. The highest BCUT2D eigenvalue weighted by Gasteiger charge is 2.26. The summed E-state index contributed by atoms with van der Waals surface area (Å²) in [6, 6.07) is 11.8. The van der Waals surface area contributed by atoms with Crippen molar-refractivity contribution in [2.45, 2.75) is 6.92 Å². The van der Waals surface area contributed by atoms with Gasteiger partial charge >= 0.3 is 0 Å². The predicted octanol–water partition coefficient (Wildman–Crippen LogP) is 2.98. The molecule has 6 heteroatoms. The second-order valence-electron chi connectivity index (χ2n) is 4.64. The third-order valence-electron chi connectivity index (χ3n) is 3.35. The van der Waals surface area contributed by atoms with E-state index in [9.17, 15) is 14.9 Å². The number of nitrogens with one attached hydrogen (secondary N) is 1. The average Bonchev–Trinajstić information content (AvgIpc) is 2.77. The highest BCUT2D eigenvalue weighted by Crippen LogP contribution is 2.30. The van der Waals surface area contributed by atoms with Gasteiger partial charge in [-0.15, -0.1) is 0 Å². The SMILES string of the molecule is Cc1c(N=C2C(=O)Nc3ccccc32)cccc1[N+](=O)[O-]. The van der Waals surface area contributed by atoms with Crippen LogP contribution in [0.5, 0.6) is 0 Å². The Kier molecular flexibility index (Phi) is 2.98. The number of aliphatic imine (C=N–C) groups is 1. The minimum Gasteiger partial charge on any atom is -0.320 e. The summed E-state index contributed by atoms with van der Waals surface area (Å²) in [6.45, 7) is 1.62. The van der Waals surface area contributed by atoms with Gasteiger partial charge in [-0.25, -0.2) is 4.99 Å². The van der Waals surface area contributed by atoms with E-state index in [2.05, 4.69) is 10.3 Å². The maximum Gasteiger partial charge on any atom is 0.275 e. The number of carbonyl (C=O) groups is 1. The number of benzene rings is 2. The molecule has 3 rings (SSSR count). The van der Waals surface area contributed by atoms with E-state index in [1.165, 1.54) is 6.07 Å². The zero-order valence-electron chi connectivity index (χ0n) is 11.2. The molecule has 1 amide bonds. The van der Waals surface area contributed by atoms with E-state index in [1.54, 1.807) is 31.2 Å². The number of para-hydroxylation sites is 1. The smallest absolute Gasteiger partial charge is 0.275 e. The van der Waals surface area contributed by atoms with Crippen LogP contribution in [0.4, 0.5) is 17.1 Å². The Bertz CT molecular complexity index is 797. The first-order valence-electron chi connectivity index (χ1n) is 6.31. The van der Waals surface area contributed by atoms with Crippen molar-refractivity contribution in [3.05, 3.63) is 63.7 Å². The number of hydrogen-bond acceptors (Lipinski definition) is 4. The van der Waals surface area contributed by atoms with Gasteiger partial charge in [-0.05, 0) is 19.1 Å². The molecule has 6 nitrogen and oxygen atoms in total. The summed E-state index contributed by atoms with van der Waals surface area (Å²) < 4.78 is 0. The lowest BCUT2D eigenvalue weighted by atomic mass is 10.1. The Morgan fingerprint density at radius 2 is 1.90 bits per heavy atom. The van der Waals surface area contributed by atoms with Gasteiger partial charge in [-0.1, -0.05) is 24.3 Å². The molecule has 1 aliphatic rings. The van der Waals surface area contributed by atoms with Gasteiger partial charge in [-0.2, -0.15) is 0 Å². The van der Waals surface area contributed by atoms with Crippen molar-refractivity contribution >= 4 is 28.7 Å². The Morgan fingerprint density at radius 1 is 1.14 bits per heavy atom. The zero-order chi connectivity index (χ0) is 15.0. The molecule has 2 aromatic rings. The minimum atomic E-state index is -0.457. The standard InChI is InChI=1S/C15H11N3O3/c1-9-11(7-4-8-13(9)18(20)21)16-14-10-5-2-3-6-12(10)17-15(14)19/h2-8H,1H3,(H,16,17,19). The van der Waals surface area contributed by atoms with E-state index in [0.29, 0.717) is 22.5 Å². The third-order valence-corrected chi connectivity index (χ3v) is 3.35. The van der Waals surface area contributed by atoms with E-state index in [-0.39, 0.29) is 17.3 Å². The van der Waals surface area contributed by atoms with Crippen LogP contribution in [0, 0.1) is 17.0 Å². The largest absolute Gasteiger partial charge is 0.320 e. The number of carbonyl (C=O) groups excluding carboxylic acids is 1. The van der Waals surface area contributed by atoms with Gasteiger partial charge in [-0.3, -0.25) is 14.9 Å². The number of amides is 1. The number of rotatable bonds is 2. The van der Waals surface area contributed by atoms with E-state index < -0.39 is 4.92 Å². The van der Waals surface area contributed by atoms with Gasteiger partial charge in [0.25, 0.3) is 11.6 Å². The molecular formula is C15H11N3O3. The van der Waals surface area contributed by atoms with E-state index in [4.69, 9.17) is 0 Å². The fourth-order valence-electron chi connectivity index (χ4n) is 2.26. The Balaban J connectivity index is 2.13. The summed E-state index contributed by atoms with van der Waals surface area (Å²) in [5, 5.41) is 13.7. The molecule has 104 valence electrons. The van der Waals surface area contributed by atoms with Crippen molar-refractivity contribution in [1.29, 1.82) is 0 Å². The third kappa shape index (κ3) is 2.16. The van der Waals surface area contributed by atoms with E-state index in [1.807, 2.05) is 12.1 Å². The van der Waals surface area contributed by atoms with Crippen LogP contribution in [-0.2, 0) is 4.79 Å². The first-order chi connectivity index (χ1) is 10.1. The summed E-state index contributed by atoms with van der Waals surface area (Å²) >= 11 is 0. The molecule has 0 spiro atoms. The number of fused-ring (bicyclic) bond motifs is 1. The zero-order valence-corrected chi connectivity index (χ0v) is 11.2. The predicted molar refractivity (Wildman–Crippen MR) is 79.1 cm³/mol. The van der Waals surface area contributed by atoms with E-state index >= 15 is 0 Å². The van der Waals surface area contributed by atoms with Crippen molar-refractivity contribution in [3.8, 4) is 0 Å². The average molecular weight is 281 g/mol. The van der Waals surface area contributed by atoms with Gasteiger partial charge in [0.1, 0.15) is 5.71 Å². The lowest BCUT2D eigenvalue weighted by Gasteiger charge is -2.02. The van der Waals surface area contributed by atoms with Crippen LogP contribution in [0.3, 0.4) is 0 Å². The summed E-state index contributed by atoms with van der Waals surface area (Å²) in [5.41, 5.74) is 2.52.